The molecule has 0 amide bonds. The van der Waals surface area contributed by atoms with Gasteiger partial charge in [0.15, 0.2) is 5.58 Å². The van der Waals surface area contributed by atoms with E-state index in [1.807, 2.05) is 18.3 Å². The molecule has 0 spiro atoms. The number of aromatic hydroxyl groups is 1. The molecule has 8 rings (SSSR count). The Hall–Kier alpha value is -6.00. The van der Waals surface area contributed by atoms with Crippen LogP contribution in [-0.4, -0.2) is 15.1 Å². The molecule has 55 heavy (non-hydrogen) atoms. The van der Waals surface area contributed by atoms with Crippen molar-refractivity contribution in [2.75, 3.05) is 0 Å². The summed E-state index contributed by atoms with van der Waals surface area (Å²) in [5, 5.41) is 12.2. The van der Waals surface area contributed by atoms with Gasteiger partial charge in [-0.25, -0.2) is 4.98 Å². The summed E-state index contributed by atoms with van der Waals surface area (Å²) in [5.74, 6) is 0.536. The zero-order valence-corrected chi connectivity index (χ0v) is 33.3. The minimum Gasteiger partial charge on any atom is -0.507 e. The van der Waals surface area contributed by atoms with Crippen LogP contribution in [0.25, 0.3) is 78.0 Å². The summed E-state index contributed by atoms with van der Waals surface area (Å²) < 4.78 is 6.63. The van der Waals surface area contributed by atoms with Gasteiger partial charge in [-0.15, -0.1) is 0 Å². The highest BCUT2D eigenvalue weighted by Gasteiger charge is 2.23. The van der Waals surface area contributed by atoms with Crippen LogP contribution in [-0.2, 0) is 10.8 Å². The number of rotatable bonds is 5. The van der Waals surface area contributed by atoms with Crippen LogP contribution in [0.1, 0.15) is 69.4 Å². The molecule has 2 heterocycles. The van der Waals surface area contributed by atoms with Crippen molar-refractivity contribution in [1.29, 1.82) is 0 Å². The van der Waals surface area contributed by atoms with Crippen LogP contribution < -0.4 is 0 Å². The number of phenols is 1. The van der Waals surface area contributed by atoms with Crippen LogP contribution in [0.3, 0.4) is 0 Å². The second kappa shape index (κ2) is 13.4. The van der Waals surface area contributed by atoms with Crippen LogP contribution in [0.4, 0.5) is 0 Å². The Bertz CT molecular complexity index is 2740. The van der Waals surface area contributed by atoms with Gasteiger partial charge >= 0.3 is 0 Å². The SMILES string of the molecule is Cc1cc(C)c(-c2cc(-c3cccc(-c4cc(C(C)(C)C)cc5c(-c6ccccc6)ccnc45)c3)c3nc(-c4cc(C(C)(C)C)ccc4O)oc3c2)c(C)c1. The van der Waals surface area contributed by atoms with Crippen LogP contribution >= 0.6 is 0 Å². The van der Waals surface area contributed by atoms with Gasteiger partial charge < -0.3 is 9.52 Å². The maximum absolute atomic E-state index is 11.1. The fourth-order valence-corrected chi connectivity index (χ4v) is 7.95. The normalized spacial score (nSPS) is 12.2. The van der Waals surface area contributed by atoms with Crippen LogP contribution in [0, 0.1) is 20.8 Å². The molecule has 2 aromatic heterocycles. The topological polar surface area (TPSA) is 59.2 Å². The van der Waals surface area contributed by atoms with E-state index in [0.717, 1.165) is 49.8 Å². The number of aryl methyl sites for hydroxylation is 3. The minimum absolute atomic E-state index is 0.0818. The summed E-state index contributed by atoms with van der Waals surface area (Å²) in [6, 6.07) is 40.6. The van der Waals surface area contributed by atoms with Gasteiger partial charge in [0.25, 0.3) is 0 Å². The Balaban J connectivity index is 1.38. The molecular formula is C51H48N2O2. The summed E-state index contributed by atoms with van der Waals surface area (Å²) in [5.41, 5.74) is 17.5. The predicted octanol–water partition coefficient (Wildman–Crippen LogP) is 13.9. The molecule has 0 atom stereocenters. The lowest BCUT2D eigenvalue weighted by molar-refractivity contribution is 0.473. The summed E-state index contributed by atoms with van der Waals surface area (Å²) in [4.78, 5) is 10.2. The van der Waals surface area contributed by atoms with Crippen LogP contribution in [0.2, 0.25) is 0 Å². The first kappa shape index (κ1) is 36.0. The highest BCUT2D eigenvalue weighted by Crippen LogP contribution is 2.43. The number of fused-ring (bicyclic) bond motifs is 2. The first-order chi connectivity index (χ1) is 26.2. The van der Waals surface area contributed by atoms with Gasteiger partial charge in [-0.3, -0.25) is 4.98 Å². The Morgan fingerprint density at radius 3 is 1.84 bits per heavy atom. The van der Waals surface area contributed by atoms with Gasteiger partial charge in [-0.1, -0.05) is 114 Å². The molecule has 0 unspecified atom stereocenters. The monoisotopic (exact) mass is 720 g/mol. The molecule has 0 saturated heterocycles. The fourth-order valence-electron chi connectivity index (χ4n) is 7.95. The van der Waals surface area contributed by atoms with E-state index >= 15 is 0 Å². The maximum Gasteiger partial charge on any atom is 0.231 e. The number of hydrogen-bond donors (Lipinski definition) is 1. The number of pyridine rings is 1. The van der Waals surface area contributed by atoms with Crippen molar-refractivity contribution >= 4 is 22.0 Å². The van der Waals surface area contributed by atoms with E-state index < -0.39 is 0 Å². The molecule has 4 nitrogen and oxygen atoms in total. The first-order valence-electron chi connectivity index (χ1n) is 19.1. The van der Waals surface area contributed by atoms with Gasteiger partial charge in [0, 0.05) is 22.7 Å². The zero-order chi connectivity index (χ0) is 38.8. The van der Waals surface area contributed by atoms with Crippen molar-refractivity contribution < 1.29 is 9.52 Å². The smallest absolute Gasteiger partial charge is 0.231 e. The van der Waals surface area contributed by atoms with Gasteiger partial charge in [0.1, 0.15) is 11.3 Å². The summed E-state index contributed by atoms with van der Waals surface area (Å²) in [6.07, 6.45) is 1.93. The van der Waals surface area contributed by atoms with Crippen molar-refractivity contribution in [2.45, 2.75) is 73.1 Å². The van der Waals surface area contributed by atoms with E-state index in [4.69, 9.17) is 14.4 Å². The lowest BCUT2D eigenvalue weighted by Crippen LogP contribution is -2.11. The van der Waals surface area contributed by atoms with Crippen molar-refractivity contribution in [1.82, 2.24) is 9.97 Å². The molecule has 0 aliphatic carbocycles. The van der Waals surface area contributed by atoms with Gasteiger partial charge in [0.05, 0.1) is 11.1 Å². The molecule has 0 aliphatic heterocycles. The molecule has 4 heteroatoms. The quantitative estimate of drug-likeness (QED) is 0.192. The number of phenolic OH excluding ortho intramolecular Hbond substituents is 1. The standard InChI is InChI=1S/C51H48N2O2/c1-30-22-31(2)46(32(3)23-30)36-25-40(48-45(26-36)55-49(53-48)43-27-37(50(4,5)6)18-19-44(43)54)34-16-13-17-35(24-34)41-28-38(51(7,8)9)29-42-39(20-21-52-47(41)42)33-14-11-10-12-15-33/h10-29,54H,1-9H3. The molecule has 0 fully saturated rings. The summed E-state index contributed by atoms with van der Waals surface area (Å²) in [7, 11) is 0. The molecule has 8 aromatic rings. The Morgan fingerprint density at radius 2 is 1.16 bits per heavy atom. The second-order valence-corrected chi connectivity index (χ2v) is 17.1. The van der Waals surface area contributed by atoms with Crippen molar-refractivity contribution in [3.8, 4) is 61.7 Å². The Labute approximate surface area is 324 Å². The van der Waals surface area contributed by atoms with Gasteiger partial charge in [0.2, 0.25) is 5.89 Å². The van der Waals surface area contributed by atoms with Crippen LogP contribution in [0.15, 0.2) is 126 Å². The molecule has 6 aromatic carbocycles. The number of hydrogen-bond acceptors (Lipinski definition) is 4. The van der Waals surface area contributed by atoms with Crippen molar-refractivity contribution in [3.63, 3.8) is 0 Å². The van der Waals surface area contributed by atoms with Gasteiger partial charge in [-0.05, 0) is 136 Å². The lowest BCUT2D eigenvalue weighted by atomic mass is 9.83. The van der Waals surface area contributed by atoms with Gasteiger partial charge in [-0.2, -0.15) is 0 Å². The third-order valence-electron chi connectivity index (χ3n) is 10.8. The third kappa shape index (κ3) is 6.71. The second-order valence-electron chi connectivity index (χ2n) is 17.1. The highest BCUT2D eigenvalue weighted by molar-refractivity contribution is 6.04. The third-order valence-corrected chi connectivity index (χ3v) is 10.8. The van der Waals surface area contributed by atoms with E-state index in [-0.39, 0.29) is 16.6 Å². The maximum atomic E-state index is 11.1. The highest BCUT2D eigenvalue weighted by atomic mass is 16.3. The fraction of sp³-hybridized carbons (Fsp3) is 0.216. The number of nitrogens with zero attached hydrogens (tertiary/aromatic N) is 2. The van der Waals surface area contributed by atoms with Crippen molar-refractivity contribution in [2.24, 2.45) is 0 Å². The van der Waals surface area contributed by atoms with E-state index in [1.165, 1.54) is 38.9 Å². The van der Waals surface area contributed by atoms with E-state index in [9.17, 15) is 5.11 Å². The largest absolute Gasteiger partial charge is 0.507 e. The average Bonchev–Trinajstić information content (AvgIpc) is 3.57. The molecule has 0 radical (unpaired) electrons. The zero-order valence-electron chi connectivity index (χ0n) is 33.3. The number of aromatic nitrogens is 2. The molecule has 1 N–H and O–H groups in total. The van der Waals surface area contributed by atoms with E-state index in [0.29, 0.717) is 17.0 Å². The predicted molar refractivity (Wildman–Crippen MR) is 230 cm³/mol. The molecule has 0 aliphatic rings. The van der Waals surface area contributed by atoms with E-state index in [1.54, 1.807) is 6.07 Å². The molecule has 0 bridgehead atoms. The lowest BCUT2D eigenvalue weighted by Gasteiger charge is -2.22. The molecule has 0 saturated carbocycles. The number of benzene rings is 6. The Morgan fingerprint density at radius 1 is 0.527 bits per heavy atom. The first-order valence-corrected chi connectivity index (χ1v) is 19.1. The average molecular weight is 721 g/mol. The molecular weight excluding hydrogens is 673 g/mol. The summed E-state index contributed by atoms with van der Waals surface area (Å²) >= 11 is 0. The van der Waals surface area contributed by atoms with E-state index in [2.05, 4.69) is 159 Å². The number of oxazole rings is 1. The van der Waals surface area contributed by atoms with Crippen molar-refractivity contribution in [3.05, 3.63) is 149 Å². The summed E-state index contributed by atoms with van der Waals surface area (Å²) in [6.45, 7) is 19.8. The Kier molecular flexibility index (Phi) is 8.76. The van der Waals surface area contributed by atoms with Crippen LogP contribution in [0.5, 0.6) is 5.75 Å². The minimum atomic E-state index is -0.112. The molecule has 274 valence electrons.